The number of thiophene rings is 1. The summed E-state index contributed by atoms with van der Waals surface area (Å²) >= 11 is 1.45. The van der Waals surface area contributed by atoms with Crippen molar-refractivity contribution in [2.24, 2.45) is 0 Å². The van der Waals surface area contributed by atoms with E-state index in [1.54, 1.807) is 12.1 Å². The molecule has 0 amide bonds. The number of aliphatic hydroxyl groups excluding tert-OH is 1. The van der Waals surface area contributed by atoms with Crippen LogP contribution in [0.25, 0.3) is 10.1 Å². The Labute approximate surface area is 84.8 Å². The summed E-state index contributed by atoms with van der Waals surface area (Å²) in [6, 6.07) is 5.38. The first-order valence-corrected chi connectivity index (χ1v) is 4.94. The van der Waals surface area contributed by atoms with Crippen molar-refractivity contribution >= 4 is 32.7 Å². The quantitative estimate of drug-likeness (QED) is 0.738. The Balaban J connectivity index is 2.74. The van der Waals surface area contributed by atoms with E-state index in [-0.39, 0.29) is 6.61 Å². The normalized spacial score (nSPS) is 10.6. The number of benzene rings is 1. The summed E-state index contributed by atoms with van der Waals surface area (Å²) in [5.41, 5.74) is 6.81. The summed E-state index contributed by atoms with van der Waals surface area (Å²) in [7, 11) is 0. The van der Waals surface area contributed by atoms with Crippen LogP contribution in [0.15, 0.2) is 18.2 Å². The molecule has 1 heterocycles. The SMILES string of the molecule is Nc1cc2cc(C=O)c(CO)cc2s1. The van der Waals surface area contributed by atoms with Crippen molar-refractivity contribution in [3.8, 4) is 0 Å². The van der Waals surface area contributed by atoms with Crippen LogP contribution in [0.3, 0.4) is 0 Å². The molecule has 2 rings (SSSR count). The summed E-state index contributed by atoms with van der Waals surface area (Å²) in [4.78, 5) is 10.7. The molecule has 0 spiro atoms. The van der Waals surface area contributed by atoms with Gasteiger partial charge in [0.05, 0.1) is 11.6 Å². The summed E-state index contributed by atoms with van der Waals surface area (Å²) in [5, 5.41) is 10.7. The van der Waals surface area contributed by atoms with Crippen LogP contribution in [0.2, 0.25) is 0 Å². The van der Waals surface area contributed by atoms with Gasteiger partial charge in [-0.25, -0.2) is 0 Å². The molecular formula is C10H9NO2S. The Kier molecular flexibility index (Phi) is 2.23. The van der Waals surface area contributed by atoms with E-state index in [2.05, 4.69) is 0 Å². The maximum atomic E-state index is 10.7. The van der Waals surface area contributed by atoms with Gasteiger partial charge in [0.1, 0.15) is 6.29 Å². The standard InChI is InChI=1S/C10H9NO2S/c11-10-3-6-1-7(4-12)8(5-13)2-9(6)14-10/h1-4,13H,5,11H2. The van der Waals surface area contributed by atoms with E-state index < -0.39 is 0 Å². The van der Waals surface area contributed by atoms with Crippen LogP contribution in [-0.4, -0.2) is 11.4 Å². The predicted molar refractivity (Wildman–Crippen MR) is 57.5 cm³/mol. The zero-order valence-electron chi connectivity index (χ0n) is 7.36. The molecule has 0 aliphatic heterocycles. The maximum absolute atomic E-state index is 10.7. The average Bonchev–Trinajstić information content (AvgIpc) is 2.54. The number of nitrogen functional groups attached to an aromatic ring is 1. The monoisotopic (exact) mass is 207 g/mol. The second-order valence-electron chi connectivity index (χ2n) is 3.01. The minimum atomic E-state index is -0.123. The van der Waals surface area contributed by atoms with Crippen LogP contribution < -0.4 is 5.73 Å². The van der Waals surface area contributed by atoms with Gasteiger partial charge < -0.3 is 10.8 Å². The molecule has 72 valence electrons. The number of aldehydes is 1. The van der Waals surface area contributed by atoms with Crippen LogP contribution in [0.1, 0.15) is 15.9 Å². The number of carbonyl (C=O) groups is 1. The first-order chi connectivity index (χ1) is 6.74. The minimum absolute atomic E-state index is 0.123. The second-order valence-corrected chi connectivity index (χ2v) is 4.13. The molecule has 1 aromatic heterocycles. The Morgan fingerprint density at radius 1 is 1.43 bits per heavy atom. The van der Waals surface area contributed by atoms with Gasteiger partial charge in [-0.2, -0.15) is 0 Å². The van der Waals surface area contributed by atoms with E-state index in [9.17, 15) is 4.79 Å². The third-order valence-corrected chi connectivity index (χ3v) is 3.02. The molecule has 4 heteroatoms. The van der Waals surface area contributed by atoms with Crippen molar-refractivity contribution < 1.29 is 9.90 Å². The molecule has 0 bridgehead atoms. The molecule has 0 aliphatic rings. The molecule has 2 aromatic rings. The number of aliphatic hydroxyl groups is 1. The zero-order valence-corrected chi connectivity index (χ0v) is 8.17. The maximum Gasteiger partial charge on any atom is 0.150 e. The average molecular weight is 207 g/mol. The van der Waals surface area contributed by atoms with Gasteiger partial charge in [0, 0.05) is 10.3 Å². The highest BCUT2D eigenvalue weighted by Gasteiger charge is 2.05. The first kappa shape index (κ1) is 9.18. The number of rotatable bonds is 2. The Hall–Kier alpha value is -1.39. The van der Waals surface area contributed by atoms with E-state index in [0.29, 0.717) is 16.1 Å². The number of anilines is 1. The number of carbonyl (C=O) groups excluding carboxylic acids is 1. The van der Waals surface area contributed by atoms with Crippen LogP contribution in [0.4, 0.5) is 5.00 Å². The molecule has 0 radical (unpaired) electrons. The van der Waals surface area contributed by atoms with Gasteiger partial charge in [-0.1, -0.05) is 0 Å². The van der Waals surface area contributed by atoms with Gasteiger partial charge in [-0.3, -0.25) is 4.79 Å². The first-order valence-electron chi connectivity index (χ1n) is 4.12. The molecule has 0 saturated heterocycles. The molecule has 0 fully saturated rings. The van der Waals surface area contributed by atoms with Crippen molar-refractivity contribution in [2.75, 3.05) is 5.73 Å². The summed E-state index contributed by atoms with van der Waals surface area (Å²) in [5.74, 6) is 0. The third kappa shape index (κ3) is 1.38. The second kappa shape index (κ2) is 3.40. The highest BCUT2D eigenvalue weighted by atomic mass is 32.1. The van der Waals surface area contributed by atoms with Gasteiger partial charge in [0.2, 0.25) is 0 Å². The molecule has 0 unspecified atom stereocenters. The van der Waals surface area contributed by atoms with E-state index >= 15 is 0 Å². The van der Waals surface area contributed by atoms with Crippen LogP contribution >= 0.6 is 11.3 Å². The topological polar surface area (TPSA) is 63.3 Å². The minimum Gasteiger partial charge on any atom is -0.392 e. The van der Waals surface area contributed by atoms with Crippen LogP contribution in [0, 0.1) is 0 Å². The third-order valence-electron chi connectivity index (χ3n) is 2.09. The number of nitrogens with two attached hydrogens (primary N) is 1. The van der Waals surface area contributed by atoms with Gasteiger partial charge in [-0.05, 0) is 29.1 Å². The molecule has 3 nitrogen and oxygen atoms in total. The molecule has 0 atom stereocenters. The van der Waals surface area contributed by atoms with Crippen LogP contribution in [-0.2, 0) is 6.61 Å². The fourth-order valence-electron chi connectivity index (χ4n) is 1.41. The highest BCUT2D eigenvalue weighted by Crippen LogP contribution is 2.29. The number of hydrogen-bond acceptors (Lipinski definition) is 4. The Morgan fingerprint density at radius 2 is 2.21 bits per heavy atom. The van der Waals surface area contributed by atoms with Gasteiger partial charge in [0.25, 0.3) is 0 Å². The Morgan fingerprint density at radius 3 is 2.86 bits per heavy atom. The largest absolute Gasteiger partial charge is 0.392 e. The number of fused-ring (bicyclic) bond motifs is 1. The Bertz CT molecular complexity index is 490. The van der Waals surface area contributed by atoms with Crippen molar-refractivity contribution in [3.63, 3.8) is 0 Å². The zero-order chi connectivity index (χ0) is 10.1. The summed E-state index contributed by atoms with van der Waals surface area (Å²) in [6.45, 7) is -0.123. The molecule has 14 heavy (non-hydrogen) atoms. The van der Waals surface area contributed by atoms with Gasteiger partial charge in [0.15, 0.2) is 0 Å². The molecule has 0 saturated carbocycles. The van der Waals surface area contributed by atoms with Gasteiger partial charge in [-0.15, -0.1) is 11.3 Å². The van der Waals surface area contributed by atoms with Crippen molar-refractivity contribution in [3.05, 3.63) is 29.3 Å². The van der Waals surface area contributed by atoms with Crippen LogP contribution in [0.5, 0.6) is 0 Å². The summed E-state index contributed by atoms with van der Waals surface area (Å²) in [6.07, 6.45) is 0.749. The predicted octanol–water partition coefficient (Wildman–Crippen LogP) is 1.79. The lowest BCUT2D eigenvalue weighted by Crippen LogP contribution is -1.91. The van der Waals surface area contributed by atoms with E-state index in [4.69, 9.17) is 10.8 Å². The van der Waals surface area contributed by atoms with E-state index in [0.717, 1.165) is 16.4 Å². The molecule has 0 aliphatic carbocycles. The number of hydrogen-bond donors (Lipinski definition) is 2. The van der Waals surface area contributed by atoms with Crippen molar-refractivity contribution in [1.29, 1.82) is 0 Å². The fourth-order valence-corrected chi connectivity index (χ4v) is 2.29. The van der Waals surface area contributed by atoms with E-state index in [1.165, 1.54) is 11.3 Å². The molecule has 3 N–H and O–H groups in total. The van der Waals surface area contributed by atoms with E-state index in [1.807, 2.05) is 6.07 Å². The molecular weight excluding hydrogens is 198 g/mol. The molecule has 1 aromatic carbocycles. The lowest BCUT2D eigenvalue weighted by Gasteiger charge is -2.00. The lowest BCUT2D eigenvalue weighted by atomic mass is 10.1. The van der Waals surface area contributed by atoms with Crippen molar-refractivity contribution in [2.45, 2.75) is 6.61 Å². The lowest BCUT2D eigenvalue weighted by molar-refractivity contribution is 0.112. The van der Waals surface area contributed by atoms with Crippen molar-refractivity contribution in [1.82, 2.24) is 0 Å². The van der Waals surface area contributed by atoms with Gasteiger partial charge >= 0.3 is 0 Å². The fraction of sp³-hybridized carbons (Fsp3) is 0.100. The summed E-state index contributed by atoms with van der Waals surface area (Å²) < 4.78 is 0.997. The smallest absolute Gasteiger partial charge is 0.150 e. The highest BCUT2D eigenvalue weighted by molar-refractivity contribution is 7.22.